The molecule has 1 aromatic heterocycles. The van der Waals surface area contributed by atoms with Gasteiger partial charge in [0.15, 0.2) is 0 Å². The number of carbonyl (C=O) groups is 1. The number of nitrogens with zero attached hydrogens (tertiary/aromatic N) is 3. The smallest absolute Gasteiger partial charge is 0.263 e. The number of benzene rings is 1. The summed E-state index contributed by atoms with van der Waals surface area (Å²) in [7, 11) is -3.60. The van der Waals surface area contributed by atoms with Crippen LogP contribution in [0.5, 0.6) is 0 Å². The van der Waals surface area contributed by atoms with Gasteiger partial charge in [0, 0.05) is 17.8 Å². The lowest BCUT2D eigenvalue weighted by Crippen LogP contribution is -2.32. The molecular weight excluding hydrogens is 366 g/mol. The maximum Gasteiger partial charge on any atom is 0.263 e. The average Bonchev–Trinajstić information content (AvgIpc) is 3.06. The fourth-order valence-corrected chi connectivity index (χ4v) is 4.23. The number of aromatic nitrogens is 2. The Morgan fingerprint density at radius 3 is 2.67 bits per heavy atom. The Labute approximate surface area is 158 Å². The van der Waals surface area contributed by atoms with Crippen LogP contribution in [0, 0.1) is 20.8 Å². The topological polar surface area (TPSA) is 105 Å². The van der Waals surface area contributed by atoms with Crippen LogP contribution in [-0.4, -0.2) is 43.0 Å². The highest BCUT2D eigenvalue weighted by Crippen LogP contribution is 2.22. The second-order valence-corrected chi connectivity index (χ2v) is 8.31. The third-order valence-electron chi connectivity index (χ3n) is 4.74. The Morgan fingerprint density at radius 1 is 1.30 bits per heavy atom. The van der Waals surface area contributed by atoms with Crippen LogP contribution < -0.4 is 10.0 Å². The maximum absolute atomic E-state index is 12.1. The summed E-state index contributed by atoms with van der Waals surface area (Å²) in [5, 5.41) is 7.32. The Hall–Kier alpha value is -2.68. The summed E-state index contributed by atoms with van der Waals surface area (Å²) in [6.07, 6.45) is 0. The number of aryl methyl sites for hydroxylation is 1. The van der Waals surface area contributed by atoms with E-state index in [1.165, 1.54) is 6.07 Å². The Kier molecular flexibility index (Phi) is 5.05. The van der Waals surface area contributed by atoms with Crippen molar-refractivity contribution in [2.24, 2.45) is 4.99 Å². The number of nitrogens with one attached hydrogen (secondary N) is 2. The van der Waals surface area contributed by atoms with E-state index < -0.39 is 10.0 Å². The van der Waals surface area contributed by atoms with Gasteiger partial charge in [0.25, 0.3) is 10.0 Å². The maximum atomic E-state index is 12.1. The van der Waals surface area contributed by atoms with Gasteiger partial charge in [-0.2, -0.15) is 5.10 Å². The van der Waals surface area contributed by atoms with Crippen molar-refractivity contribution in [3.8, 4) is 0 Å². The van der Waals surface area contributed by atoms with Crippen molar-refractivity contribution in [3.05, 3.63) is 46.8 Å². The third-order valence-corrected chi connectivity index (χ3v) is 6.14. The molecule has 0 saturated carbocycles. The minimum atomic E-state index is -3.60. The highest BCUT2D eigenvalue weighted by Gasteiger charge is 2.30. The minimum absolute atomic E-state index is 0.000266. The molecule has 144 valence electrons. The van der Waals surface area contributed by atoms with E-state index in [0.717, 1.165) is 17.0 Å². The first-order chi connectivity index (χ1) is 12.7. The standard InChI is InChI=1S/C18H23N5O3S/c1-11(23-14(4)12(2)13(3)21-23)9-19-17(24)10-20-18-15-7-5-6-8-16(15)27(25,26)22-18/h5-8,11H,9-10H2,1-4H3,(H,19,24)(H,20,22)/t11-/m0/s1. The van der Waals surface area contributed by atoms with E-state index in [1.807, 2.05) is 32.4 Å². The molecule has 1 aliphatic heterocycles. The summed E-state index contributed by atoms with van der Waals surface area (Å²) in [6.45, 7) is 8.22. The first-order valence-electron chi connectivity index (χ1n) is 8.66. The zero-order valence-electron chi connectivity index (χ0n) is 15.8. The number of sulfonamides is 1. The van der Waals surface area contributed by atoms with Gasteiger partial charge in [-0.15, -0.1) is 0 Å². The molecule has 2 heterocycles. The van der Waals surface area contributed by atoms with Crippen LogP contribution in [0.4, 0.5) is 0 Å². The van der Waals surface area contributed by atoms with Crippen LogP contribution in [0.2, 0.25) is 0 Å². The number of amidine groups is 1. The lowest BCUT2D eigenvalue weighted by molar-refractivity contribution is -0.119. The van der Waals surface area contributed by atoms with Gasteiger partial charge in [-0.1, -0.05) is 12.1 Å². The van der Waals surface area contributed by atoms with E-state index in [1.54, 1.807) is 18.2 Å². The molecule has 9 heteroatoms. The van der Waals surface area contributed by atoms with E-state index in [0.29, 0.717) is 12.1 Å². The highest BCUT2D eigenvalue weighted by atomic mass is 32.2. The summed E-state index contributed by atoms with van der Waals surface area (Å²) >= 11 is 0. The molecule has 2 N–H and O–H groups in total. The van der Waals surface area contributed by atoms with Gasteiger partial charge >= 0.3 is 0 Å². The van der Waals surface area contributed by atoms with Gasteiger partial charge in [-0.3, -0.25) is 19.2 Å². The van der Waals surface area contributed by atoms with Crippen molar-refractivity contribution >= 4 is 21.8 Å². The van der Waals surface area contributed by atoms with Crippen molar-refractivity contribution < 1.29 is 13.2 Å². The molecule has 0 unspecified atom stereocenters. The van der Waals surface area contributed by atoms with Gasteiger partial charge in [0.05, 0.1) is 16.6 Å². The summed E-state index contributed by atoms with van der Waals surface area (Å²) < 4.78 is 28.4. The quantitative estimate of drug-likeness (QED) is 0.802. The molecule has 1 aliphatic rings. The second kappa shape index (κ2) is 7.15. The molecule has 0 aliphatic carbocycles. The summed E-state index contributed by atoms with van der Waals surface area (Å²) in [5.74, 6) is -0.0841. The molecule has 0 bridgehead atoms. The van der Waals surface area contributed by atoms with Crippen molar-refractivity contribution in [1.29, 1.82) is 0 Å². The first kappa shape index (κ1) is 19.1. The Morgan fingerprint density at radius 2 is 2.00 bits per heavy atom. The molecule has 1 atom stereocenters. The number of hydrogen-bond acceptors (Lipinski definition) is 5. The van der Waals surface area contributed by atoms with Crippen LogP contribution >= 0.6 is 0 Å². The second-order valence-electron chi connectivity index (χ2n) is 6.66. The monoisotopic (exact) mass is 389 g/mol. The van der Waals surface area contributed by atoms with Crippen LogP contribution in [0.1, 0.15) is 35.5 Å². The molecule has 2 aromatic rings. The molecule has 1 aromatic carbocycles. The van der Waals surface area contributed by atoms with E-state index in [4.69, 9.17) is 0 Å². The summed E-state index contributed by atoms with van der Waals surface area (Å²) in [5.41, 5.74) is 3.68. The zero-order valence-corrected chi connectivity index (χ0v) is 16.6. The van der Waals surface area contributed by atoms with E-state index in [-0.39, 0.29) is 29.2 Å². The highest BCUT2D eigenvalue weighted by molar-refractivity contribution is 7.90. The molecule has 0 radical (unpaired) electrons. The first-order valence-corrected chi connectivity index (χ1v) is 10.1. The van der Waals surface area contributed by atoms with E-state index >= 15 is 0 Å². The fourth-order valence-electron chi connectivity index (χ4n) is 2.98. The zero-order chi connectivity index (χ0) is 19.8. The SMILES string of the molecule is Cc1nn([C@@H](C)CNC(=O)CN=C2NS(=O)(=O)c3ccccc32)c(C)c1C. The van der Waals surface area contributed by atoms with Gasteiger partial charge < -0.3 is 5.32 Å². The van der Waals surface area contributed by atoms with Gasteiger partial charge in [0.1, 0.15) is 12.4 Å². The third kappa shape index (κ3) is 3.73. The van der Waals surface area contributed by atoms with Crippen LogP contribution in [0.25, 0.3) is 0 Å². The largest absolute Gasteiger partial charge is 0.352 e. The molecule has 3 rings (SSSR count). The molecule has 0 spiro atoms. The van der Waals surface area contributed by atoms with Crippen molar-refractivity contribution in [1.82, 2.24) is 19.8 Å². The molecule has 0 fully saturated rings. The van der Waals surface area contributed by atoms with E-state index in [9.17, 15) is 13.2 Å². The van der Waals surface area contributed by atoms with Crippen LogP contribution in [-0.2, 0) is 14.8 Å². The van der Waals surface area contributed by atoms with Crippen LogP contribution in [0.15, 0.2) is 34.2 Å². The number of aliphatic imine (C=N–C) groups is 1. The van der Waals surface area contributed by atoms with Gasteiger partial charge in [-0.25, -0.2) is 8.42 Å². The lowest BCUT2D eigenvalue weighted by Gasteiger charge is -2.15. The molecule has 27 heavy (non-hydrogen) atoms. The van der Waals surface area contributed by atoms with Crippen molar-refractivity contribution in [3.63, 3.8) is 0 Å². The minimum Gasteiger partial charge on any atom is -0.352 e. The predicted molar refractivity (Wildman–Crippen MR) is 102 cm³/mol. The van der Waals surface area contributed by atoms with Crippen LogP contribution in [0.3, 0.4) is 0 Å². The number of hydrogen-bond donors (Lipinski definition) is 2. The normalized spacial score (nSPS) is 17.4. The van der Waals surface area contributed by atoms with Crippen molar-refractivity contribution in [2.45, 2.75) is 38.6 Å². The van der Waals surface area contributed by atoms with E-state index in [2.05, 4.69) is 20.1 Å². The molecular formula is C18H23N5O3S. The molecule has 8 nitrogen and oxygen atoms in total. The fraction of sp³-hybridized carbons (Fsp3) is 0.389. The Balaban J connectivity index is 1.62. The van der Waals surface area contributed by atoms with Gasteiger partial charge in [0.2, 0.25) is 5.91 Å². The summed E-state index contributed by atoms with van der Waals surface area (Å²) in [6, 6.07) is 6.56. The number of fused-ring (bicyclic) bond motifs is 1. The van der Waals surface area contributed by atoms with Crippen molar-refractivity contribution in [2.75, 3.05) is 13.1 Å². The Bertz CT molecular complexity index is 1020. The average molecular weight is 389 g/mol. The lowest BCUT2D eigenvalue weighted by atomic mass is 10.2. The number of amides is 1. The summed E-state index contributed by atoms with van der Waals surface area (Å²) in [4.78, 5) is 16.5. The number of rotatable bonds is 5. The van der Waals surface area contributed by atoms with Gasteiger partial charge in [-0.05, 0) is 45.4 Å². The number of carbonyl (C=O) groups excluding carboxylic acids is 1. The predicted octanol–water partition coefficient (Wildman–Crippen LogP) is 1.22. The molecule has 1 amide bonds. The molecule has 0 saturated heterocycles.